The van der Waals surface area contributed by atoms with E-state index in [1.54, 1.807) is 0 Å². The fraction of sp³-hybridized carbons (Fsp3) is 0.938. The highest BCUT2D eigenvalue weighted by atomic mass is 16.2. The second-order valence-electron chi connectivity index (χ2n) is 7.98. The predicted molar refractivity (Wildman–Crippen MR) is 76.8 cm³/mol. The molecule has 4 fully saturated rings. The SMILES string of the molecule is CNC(C)(C)C(=O)NCC12CC3CC(CC(C3)C1)C2. The van der Waals surface area contributed by atoms with Crippen molar-refractivity contribution in [3.63, 3.8) is 0 Å². The minimum absolute atomic E-state index is 0.144. The first-order valence-corrected chi connectivity index (χ1v) is 7.90. The van der Waals surface area contributed by atoms with E-state index in [-0.39, 0.29) is 5.91 Å². The Labute approximate surface area is 116 Å². The predicted octanol–water partition coefficient (Wildman–Crippen LogP) is 2.32. The maximum absolute atomic E-state index is 12.2. The van der Waals surface area contributed by atoms with Gasteiger partial charge in [0.2, 0.25) is 5.91 Å². The minimum atomic E-state index is -0.456. The molecule has 0 aromatic carbocycles. The summed E-state index contributed by atoms with van der Waals surface area (Å²) in [4.78, 5) is 12.2. The third kappa shape index (κ3) is 2.42. The van der Waals surface area contributed by atoms with Gasteiger partial charge in [-0.1, -0.05) is 0 Å². The number of nitrogens with one attached hydrogen (secondary N) is 2. The first-order chi connectivity index (χ1) is 8.92. The van der Waals surface area contributed by atoms with Crippen LogP contribution in [-0.4, -0.2) is 25.0 Å². The zero-order valence-corrected chi connectivity index (χ0v) is 12.6. The highest BCUT2D eigenvalue weighted by molar-refractivity contribution is 5.85. The van der Waals surface area contributed by atoms with Gasteiger partial charge in [-0.3, -0.25) is 4.79 Å². The first-order valence-electron chi connectivity index (χ1n) is 7.90. The van der Waals surface area contributed by atoms with Crippen molar-refractivity contribution < 1.29 is 4.79 Å². The van der Waals surface area contributed by atoms with E-state index in [2.05, 4.69) is 10.6 Å². The maximum atomic E-state index is 12.2. The van der Waals surface area contributed by atoms with E-state index in [1.165, 1.54) is 38.5 Å². The largest absolute Gasteiger partial charge is 0.354 e. The van der Waals surface area contributed by atoms with Gasteiger partial charge in [-0.05, 0) is 82.6 Å². The van der Waals surface area contributed by atoms with Crippen molar-refractivity contribution in [2.24, 2.45) is 23.2 Å². The van der Waals surface area contributed by atoms with Gasteiger partial charge in [0.05, 0.1) is 5.54 Å². The van der Waals surface area contributed by atoms with Crippen LogP contribution in [0.1, 0.15) is 52.4 Å². The van der Waals surface area contributed by atoms with Crippen molar-refractivity contribution in [1.29, 1.82) is 0 Å². The fourth-order valence-electron chi connectivity index (χ4n) is 5.11. The summed E-state index contributed by atoms with van der Waals surface area (Å²) in [5, 5.41) is 6.32. The van der Waals surface area contributed by atoms with Gasteiger partial charge in [0.25, 0.3) is 0 Å². The topological polar surface area (TPSA) is 41.1 Å². The Morgan fingerprint density at radius 3 is 2.00 bits per heavy atom. The average Bonchev–Trinajstić information content (AvgIpc) is 2.34. The Morgan fingerprint density at radius 1 is 1.11 bits per heavy atom. The summed E-state index contributed by atoms with van der Waals surface area (Å²) >= 11 is 0. The van der Waals surface area contributed by atoms with Gasteiger partial charge in [0, 0.05) is 6.54 Å². The lowest BCUT2D eigenvalue weighted by Crippen LogP contribution is -2.56. The number of likely N-dealkylation sites (N-methyl/N-ethyl adjacent to an activating group) is 1. The van der Waals surface area contributed by atoms with Gasteiger partial charge in [-0.15, -0.1) is 0 Å². The smallest absolute Gasteiger partial charge is 0.239 e. The Bertz CT molecular complexity index is 340. The molecule has 0 aromatic rings. The van der Waals surface area contributed by atoms with Crippen LogP contribution >= 0.6 is 0 Å². The molecule has 4 aliphatic carbocycles. The van der Waals surface area contributed by atoms with E-state index in [0.29, 0.717) is 5.41 Å². The van der Waals surface area contributed by atoms with E-state index in [4.69, 9.17) is 0 Å². The maximum Gasteiger partial charge on any atom is 0.239 e. The lowest BCUT2D eigenvalue weighted by Gasteiger charge is -2.57. The van der Waals surface area contributed by atoms with Crippen LogP contribution in [0.4, 0.5) is 0 Å². The van der Waals surface area contributed by atoms with E-state index < -0.39 is 5.54 Å². The lowest BCUT2D eigenvalue weighted by molar-refractivity contribution is -0.128. The van der Waals surface area contributed by atoms with Crippen LogP contribution in [0.3, 0.4) is 0 Å². The molecule has 4 rings (SSSR count). The molecule has 0 heterocycles. The molecule has 0 saturated heterocycles. The van der Waals surface area contributed by atoms with Gasteiger partial charge in [0.15, 0.2) is 0 Å². The molecule has 19 heavy (non-hydrogen) atoms. The fourth-order valence-corrected chi connectivity index (χ4v) is 5.11. The van der Waals surface area contributed by atoms with Crippen LogP contribution in [0, 0.1) is 23.2 Å². The van der Waals surface area contributed by atoms with Gasteiger partial charge < -0.3 is 10.6 Å². The number of rotatable bonds is 4. The zero-order chi connectivity index (χ0) is 13.7. The van der Waals surface area contributed by atoms with E-state index in [0.717, 1.165) is 24.3 Å². The number of carbonyl (C=O) groups is 1. The number of carbonyl (C=O) groups excluding carboxylic acids is 1. The third-order valence-corrected chi connectivity index (χ3v) is 5.98. The second kappa shape index (κ2) is 4.47. The number of hydrogen-bond donors (Lipinski definition) is 2. The van der Waals surface area contributed by atoms with Crippen LogP contribution in [-0.2, 0) is 4.79 Å². The molecular weight excluding hydrogens is 236 g/mol. The summed E-state index contributed by atoms with van der Waals surface area (Å²) < 4.78 is 0. The Balaban J connectivity index is 1.62. The molecule has 3 heteroatoms. The van der Waals surface area contributed by atoms with Gasteiger partial charge >= 0.3 is 0 Å². The summed E-state index contributed by atoms with van der Waals surface area (Å²) in [7, 11) is 1.85. The quantitative estimate of drug-likeness (QED) is 0.818. The van der Waals surface area contributed by atoms with Gasteiger partial charge in [-0.2, -0.15) is 0 Å². The van der Waals surface area contributed by atoms with Gasteiger partial charge in [0.1, 0.15) is 0 Å². The Morgan fingerprint density at radius 2 is 1.58 bits per heavy atom. The molecule has 4 saturated carbocycles. The molecule has 0 spiro atoms. The number of amides is 1. The van der Waals surface area contributed by atoms with Crippen molar-refractivity contribution >= 4 is 5.91 Å². The molecule has 108 valence electrons. The molecule has 0 radical (unpaired) electrons. The molecule has 0 aromatic heterocycles. The van der Waals surface area contributed by atoms with Crippen LogP contribution in [0.2, 0.25) is 0 Å². The van der Waals surface area contributed by atoms with Crippen LogP contribution in [0.25, 0.3) is 0 Å². The molecule has 4 aliphatic rings. The lowest BCUT2D eigenvalue weighted by atomic mass is 9.49. The van der Waals surface area contributed by atoms with E-state index in [1.807, 2.05) is 20.9 Å². The molecular formula is C16H28N2O. The molecule has 0 aliphatic heterocycles. The molecule has 1 amide bonds. The summed E-state index contributed by atoms with van der Waals surface area (Å²) in [5.74, 6) is 3.02. The van der Waals surface area contributed by atoms with E-state index in [9.17, 15) is 4.79 Å². The molecule has 3 nitrogen and oxygen atoms in total. The average molecular weight is 264 g/mol. The van der Waals surface area contributed by atoms with Crippen LogP contribution < -0.4 is 10.6 Å². The second-order valence-corrected chi connectivity index (χ2v) is 7.98. The van der Waals surface area contributed by atoms with Gasteiger partial charge in [-0.25, -0.2) is 0 Å². The zero-order valence-electron chi connectivity index (χ0n) is 12.6. The summed E-state index contributed by atoms with van der Waals surface area (Å²) in [5.41, 5.74) is -0.0173. The van der Waals surface area contributed by atoms with Crippen molar-refractivity contribution in [3.05, 3.63) is 0 Å². The molecule has 0 unspecified atom stereocenters. The highest BCUT2D eigenvalue weighted by Crippen LogP contribution is 2.59. The number of hydrogen-bond acceptors (Lipinski definition) is 2. The monoisotopic (exact) mass is 264 g/mol. The van der Waals surface area contributed by atoms with Crippen molar-refractivity contribution in [3.8, 4) is 0 Å². The van der Waals surface area contributed by atoms with Crippen molar-refractivity contribution in [2.45, 2.75) is 57.9 Å². The highest BCUT2D eigenvalue weighted by Gasteiger charge is 2.50. The van der Waals surface area contributed by atoms with Crippen LogP contribution in [0.5, 0.6) is 0 Å². The normalized spacial score (nSPS) is 40.5. The van der Waals surface area contributed by atoms with Crippen molar-refractivity contribution in [2.75, 3.05) is 13.6 Å². The Kier molecular flexibility index (Phi) is 3.16. The standard InChI is InChI=1S/C16H28N2O/c1-15(2,17-3)14(19)18-10-16-7-11-4-12(8-16)6-13(5-11)9-16/h11-13,17H,4-10H2,1-3H3,(H,18,19). The molecule has 2 N–H and O–H groups in total. The molecule has 4 bridgehead atoms. The first kappa shape index (κ1) is 13.4. The van der Waals surface area contributed by atoms with E-state index >= 15 is 0 Å². The minimum Gasteiger partial charge on any atom is -0.354 e. The summed E-state index contributed by atoms with van der Waals surface area (Å²) in [6.07, 6.45) is 8.48. The third-order valence-electron chi connectivity index (χ3n) is 5.98. The summed E-state index contributed by atoms with van der Waals surface area (Å²) in [6, 6.07) is 0. The molecule has 0 atom stereocenters. The Hall–Kier alpha value is -0.570. The van der Waals surface area contributed by atoms with Crippen molar-refractivity contribution in [1.82, 2.24) is 10.6 Å². The summed E-state index contributed by atoms with van der Waals surface area (Å²) in [6.45, 7) is 4.80. The van der Waals surface area contributed by atoms with Crippen LogP contribution in [0.15, 0.2) is 0 Å².